The molecule has 2 fully saturated rings. The molecular weight excluding hydrogens is 319 g/mol. The first-order valence-electron chi connectivity index (χ1n) is 9.38. The van der Waals surface area contributed by atoms with Crippen LogP contribution in [0.4, 0.5) is 4.39 Å². The summed E-state index contributed by atoms with van der Waals surface area (Å²) in [5, 5.41) is 3.00. The molecule has 1 spiro atoms. The molecule has 2 aliphatic rings. The second kappa shape index (κ2) is 7.83. The fraction of sp³-hybridized carbons (Fsp3) is 0.650. The average molecular weight is 348 g/mol. The van der Waals surface area contributed by atoms with Gasteiger partial charge < -0.3 is 10.1 Å². The molecule has 3 rings (SSSR count). The third kappa shape index (κ3) is 4.79. The number of hydrogen-bond donors (Lipinski definition) is 1. The minimum atomic E-state index is -0.179. The summed E-state index contributed by atoms with van der Waals surface area (Å²) in [5.41, 5.74) is 0.910. The number of amides is 1. The minimum Gasteiger partial charge on any atom is -0.369 e. The highest BCUT2D eigenvalue weighted by molar-refractivity contribution is 5.77. The van der Waals surface area contributed by atoms with E-state index in [1.807, 2.05) is 19.9 Å². The molecule has 2 aliphatic heterocycles. The molecule has 0 aromatic heterocycles. The van der Waals surface area contributed by atoms with Crippen molar-refractivity contribution in [3.05, 3.63) is 35.6 Å². The molecule has 2 saturated heterocycles. The van der Waals surface area contributed by atoms with E-state index in [0.29, 0.717) is 6.54 Å². The maximum absolute atomic E-state index is 13.4. The van der Waals surface area contributed by atoms with Gasteiger partial charge in [0.1, 0.15) is 5.82 Å². The Bertz CT molecular complexity index is 607. The zero-order chi connectivity index (χ0) is 17.9. The summed E-state index contributed by atoms with van der Waals surface area (Å²) in [6.07, 6.45) is 4.32. The largest absolute Gasteiger partial charge is 0.369 e. The quantitative estimate of drug-likeness (QED) is 0.889. The maximum Gasteiger partial charge on any atom is 0.222 e. The van der Waals surface area contributed by atoms with Gasteiger partial charge in [-0.1, -0.05) is 26.0 Å². The first kappa shape index (κ1) is 18.3. The molecule has 2 heterocycles. The third-order valence-electron chi connectivity index (χ3n) is 5.29. The highest BCUT2D eigenvalue weighted by Crippen LogP contribution is 2.37. The standard InChI is InChI=1S/C20H29FN2O2/c1-15(2)19(24)22-12-18-7-4-8-20(25-18)9-10-23(14-20)13-16-5-3-6-17(21)11-16/h3,5-6,11,15,18H,4,7-10,12-14H2,1-2H3,(H,22,24)/t18-,20-/m0/s1. The van der Waals surface area contributed by atoms with Crippen molar-refractivity contribution < 1.29 is 13.9 Å². The SMILES string of the molecule is CC(C)C(=O)NC[C@@H]1CCC[C@@]2(CCN(Cc3cccc(F)c3)C2)O1. The lowest BCUT2D eigenvalue weighted by atomic mass is 9.90. The normalized spacial score (nSPS) is 27.1. The van der Waals surface area contributed by atoms with Crippen LogP contribution >= 0.6 is 0 Å². The molecule has 0 radical (unpaired) electrons. The van der Waals surface area contributed by atoms with E-state index in [1.54, 1.807) is 12.1 Å². The summed E-state index contributed by atoms with van der Waals surface area (Å²) in [6.45, 7) is 7.03. The molecule has 4 nitrogen and oxygen atoms in total. The third-order valence-corrected chi connectivity index (χ3v) is 5.29. The summed E-state index contributed by atoms with van der Waals surface area (Å²) < 4.78 is 19.8. The van der Waals surface area contributed by atoms with Crippen molar-refractivity contribution in [2.75, 3.05) is 19.6 Å². The molecule has 1 amide bonds. The average Bonchev–Trinajstić information content (AvgIpc) is 2.94. The fourth-order valence-electron chi connectivity index (χ4n) is 3.94. The predicted octanol–water partition coefficient (Wildman–Crippen LogP) is 3.11. The molecule has 0 unspecified atom stereocenters. The molecular formula is C20H29FN2O2. The number of benzene rings is 1. The van der Waals surface area contributed by atoms with Gasteiger partial charge in [0, 0.05) is 32.1 Å². The monoisotopic (exact) mass is 348 g/mol. The lowest BCUT2D eigenvalue weighted by Gasteiger charge is -2.39. The number of hydrogen-bond acceptors (Lipinski definition) is 3. The summed E-state index contributed by atoms with van der Waals surface area (Å²) in [5.74, 6) is -0.0885. The van der Waals surface area contributed by atoms with Crippen LogP contribution in [0.15, 0.2) is 24.3 Å². The van der Waals surface area contributed by atoms with Crippen molar-refractivity contribution >= 4 is 5.91 Å². The van der Waals surface area contributed by atoms with Crippen LogP contribution in [0.5, 0.6) is 0 Å². The topological polar surface area (TPSA) is 41.6 Å². The Labute approximate surface area is 149 Å². The van der Waals surface area contributed by atoms with Gasteiger partial charge in [0.05, 0.1) is 11.7 Å². The summed E-state index contributed by atoms with van der Waals surface area (Å²) in [7, 11) is 0. The van der Waals surface area contributed by atoms with Crippen molar-refractivity contribution in [3.63, 3.8) is 0 Å². The number of nitrogens with zero attached hydrogens (tertiary/aromatic N) is 1. The summed E-state index contributed by atoms with van der Waals surface area (Å²) >= 11 is 0. The van der Waals surface area contributed by atoms with E-state index in [-0.39, 0.29) is 29.3 Å². The van der Waals surface area contributed by atoms with Gasteiger partial charge in [-0.25, -0.2) is 4.39 Å². The Morgan fingerprint density at radius 3 is 3.04 bits per heavy atom. The Morgan fingerprint density at radius 1 is 1.44 bits per heavy atom. The number of rotatable bonds is 5. The van der Waals surface area contributed by atoms with Gasteiger partial charge in [-0.15, -0.1) is 0 Å². The second-order valence-electron chi connectivity index (χ2n) is 7.81. The van der Waals surface area contributed by atoms with E-state index < -0.39 is 0 Å². The molecule has 5 heteroatoms. The smallest absolute Gasteiger partial charge is 0.222 e. The van der Waals surface area contributed by atoms with Crippen molar-refractivity contribution in [3.8, 4) is 0 Å². The molecule has 1 aromatic carbocycles. The van der Waals surface area contributed by atoms with Gasteiger partial charge in [0.15, 0.2) is 0 Å². The van der Waals surface area contributed by atoms with Gasteiger partial charge in [-0.3, -0.25) is 9.69 Å². The van der Waals surface area contributed by atoms with Crippen molar-refractivity contribution in [2.45, 2.75) is 57.8 Å². The highest BCUT2D eigenvalue weighted by Gasteiger charge is 2.42. The van der Waals surface area contributed by atoms with Crippen molar-refractivity contribution in [1.29, 1.82) is 0 Å². The van der Waals surface area contributed by atoms with E-state index in [4.69, 9.17) is 4.74 Å². The number of halogens is 1. The zero-order valence-electron chi connectivity index (χ0n) is 15.3. The van der Waals surface area contributed by atoms with Crippen LogP contribution in [0, 0.1) is 11.7 Å². The molecule has 0 saturated carbocycles. The highest BCUT2D eigenvalue weighted by atomic mass is 19.1. The van der Waals surface area contributed by atoms with E-state index in [1.165, 1.54) is 6.07 Å². The van der Waals surface area contributed by atoms with Gasteiger partial charge in [-0.05, 0) is 43.4 Å². The fourth-order valence-corrected chi connectivity index (χ4v) is 3.94. The van der Waals surface area contributed by atoms with Crippen LogP contribution in [0.3, 0.4) is 0 Å². The molecule has 1 aromatic rings. The lowest BCUT2D eigenvalue weighted by molar-refractivity contribution is -0.132. The van der Waals surface area contributed by atoms with Crippen LogP contribution in [0.2, 0.25) is 0 Å². The summed E-state index contributed by atoms with van der Waals surface area (Å²) in [4.78, 5) is 14.1. The zero-order valence-corrected chi connectivity index (χ0v) is 15.3. The van der Waals surface area contributed by atoms with Gasteiger partial charge in [0.25, 0.3) is 0 Å². The minimum absolute atomic E-state index is 0.00536. The number of likely N-dealkylation sites (tertiary alicyclic amines) is 1. The van der Waals surface area contributed by atoms with E-state index >= 15 is 0 Å². The predicted molar refractivity (Wildman–Crippen MR) is 95.6 cm³/mol. The Morgan fingerprint density at radius 2 is 2.28 bits per heavy atom. The van der Waals surface area contributed by atoms with Crippen molar-refractivity contribution in [2.24, 2.45) is 5.92 Å². The van der Waals surface area contributed by atoms with Gasteiger partial charge in [-0.2, -0.15) is 0 Å². The Kier molecular flexibility index (Phi) is 5.74. The van der Waals surface area contributed by atoms with E-state index in [0.717, 1.165) is 50.9 Å². The van der Waals surface area contributed by atoms with Crippen LogP contribution < -0.4 is 5.32 Å². The molecule has 0 aliphatic carbocycles. The van der Waals surface area contributed by atoms with E-state index in [9.17, 15) is 9.18 Å². The van der Waals surface area contributed by atoms with Gasteiger partial charge in [0.2, 0.25) is 5.91 Å². The molecule has 0 bridgehead atoms. The maximum atomic E-state index is 13.4. The number of carbonyl (C=O) groups is 1. The Balaban J connectivity index is 1.53. The second-order valence-corrected chi connectivity index (χ2v) is 7.81. The number of ether oxygens (including phenoxy) is 1. The van der Waals surface area contributed by atoms with Crippen molar-refractivity contribution in [1.82, 2.24) is 10.2 Å². The molecule has 2 atom stereocenters. The Hall–Kier alpha value is -1.46. The molecule has 1 N–H and O–H groups in total. The number of nitrogens with one attached hydrogen (secondary N) is 1. The first-order chi connectivity index (χ1) is 12.0. The van der Waals surface area contributed by atoms with Gasteiger partial charge >= 0.3 is 0 Å². The van der Waals surface area contributed by atoms with Crippen LogP contribution in [-0.4, -0.2) is 42.1 Å². The number of carbonyl (C=O) groups excluding carboxylic acids is 1. The molecule has 25 heavy (non-hydrogen) atoms. The first-order valence-corrected chi connectivity index (χ1v) is 9.38. The lowest BCUT2D eigenvalue weighted by Crippen LogP contribution is -2.47. The van der Waals surface area contributed by atoms with Crippen LogP contribution in [0.25, 0.3) is 0 Å². The summed E-state index contributed by atoms with van der Waals surface area (Å²) in [6, 6.07) is 6.83. The molecule has 138 valence electrons. The van der Waals surface area contributed by atoms with Crippen LogP contribution in [0.1, 0.15) is 45.1 Å². The van der Waals surface area contributed by atoms with Crippen LogP contribution in [-0.2, 0) is 16.1 Å². The van der Waals surface area contributed by atoms with E-state index in [2.05, 4.69) is 10.2 Å².